The average molecular weight is 312 g/mol. The number of aliphatic carboxylic acids is 1. The van der Waals surface area contributed by atoms with Crippen LogP contribution >= 0.6 is 0 Å². The van der Waals surface area contributed by atoms with Crippen molar-refractivity contribution >= 4 is 17.8 Å². The Morgan fingerprint density at radius 3 is 2.36 bits per heavy atom. The van der Waals surface area contributed by atoms with Gasteiger partial charge in [-0.05, 0) is 18.3 Å². The van der Waals surface area contributed by atoms with Crippen molar-refractivity contribution in [2.75, 3.05) is 6.54 Å². The molecule has 6 heteroatoms. The van der Waals surface area contributed by atoms with Crippen LogP contribution in [0.3, 0.4) is 0 Å². The Bertz CT molecular complexity index is 392. The topological polar surface area (TPSA) is 95.5 Å². The molecule has 1 aliphatic rings. The first-order valence-electron chi connectivity index (χ1n) is 8.22. The van der Waals surface area contributed by atoms with Crippen LogP contribution < -0.4 is 10.6 Å². The van der Waals surface area contributed by atoms with Crippen molar-refractivity contribution in [2.45, 2.75) is 64.8 Å². The molecule has 0 spiro atoms. The fourth-order valence-corrected chi connectivity index (χ4v) is 2.81. The van der Waals surface area contributed by atoms with E-state index in [-0.39, 0.29) is 18.4 Å². The van der Waals surface area contributed by atoms with Crippen LogP contribution in [0.1, 0.15) is 58.8 Å². The van der Waals surface area contributed by atoms with Crippen LogP contribution in [0, 0.1) is 11.8 Å². The molecule has 1 aliphatic carbocycles. The number of nitrogens with one attached hydrogen (secondary N) is 2. The normalized spacial score (nSPS) is 17.7. The summed E-state index contributed by atoms with van der Waals surface area (Å²) in [6.07, 6.45) is 6.86. The minimum atomic E-state index is -1.05. The number of carboxylic acid groups (broad SMARTS) is 1. The van der Waals surface area contributed by atoms with E-state index in [4.69, 9.17) is 5.11 Å². The zero-order valence-electron chi connectivity index (χ0n) is 13.6. The molecule has 0 saturated heterocycles. The third-order valence-electron chi connectivity index (χ3n) is 4.50. The van der Waals surface area contributed by atoms with Crippen LogP contribution in [0.4, 0.5) is 0 Å². The lowest BCUT2D eigenvalue weighted by Crippen LogP contribution is -2.48. The standard InChI is InChI=1S/C16H28N2O4/c1-3-11(2)15(16(21)22)18-14(20)10-17-13(19)9-8-12-6-4-5-7-12/h11-12,15H,3-10H2,1-2H3,(H,17,19)(H,18,20)(H,21,22). The number of carboxylic acids is 1. The van der Waals surface area contributed by atoms with Gasteiger partial charge in [0.05, 0.1) is 6.54 Å². The number of rotatable bonds is 9. The molecule has 3 N–H and O–H groups in total. The lowest BCUT2D eigenvalue weighted by Gasteiger charge is -2.20. The van der Waals surface area contributed by atoms with Crippen LogP contribution in [0.2, 0.25) is 0 Å². The van der Waals surface area contributed by atoms with Crippen molar-refractivity contribution in [1.29, 1.82) is 0 Å². The van der Waals surface area contributed by atoms with Gasteiger partial charge in [0.2, 0.25) is 11.8 Å². The van der Waals surface area contributed by atoms with Crippen molar-refractivity contribution in [3.05, 3.63) is 0 Å². The molecule has 6 nitrogen and oxygen atoms in total. The van der Waals surface area contributed by atoms with Gasteiger partial charge in [0.1, 0.15) is 6.04 Å². The molecule has 126 valence electrons. The maximum atomic E-state index is 11.8. The number of amides is 2. The summed E-state index contributed by atoms with van der Waals surface area (Å²) in [4.78, 5) is 34.6. The maximum absolute atomic E-state index is 11.8. The molecule has 22 heavy (non-hydrogen) atoms. The first kappa shape index (κ1) is 18.5. The Morgan fingerprint density at radius 1 is 1.18 bits per heavy atom. The minimum Gasteiger partial charge on any atom is -0.480 e. The second kappa shape index (κ2) is 9.43. The van der Waals surface area contributed by atoms with E-state index in [2.05, 4.69) is 10.6 Å². The zero-order chi connectivity index (χ0) is 16.5. The molecule has 2 atom stereocenters. The highest BCUT2D eigenvalue weighted by atomic mass is 16.4. The summed E-state index contributed by atoms with van der Waals surface area (Å²) in [6, 6.07) is -0.909. The molecule has 0 radical (unpaired) electrons. The van der Waals surface area contributed by atoms with Gasteiger partial charge in [0, 0.05) is 6.42 Å². The van der Waals surface area contributed by atoms with E-state index in [9.17, 15) is 14.4 Å². The molecule has 0 aromatic carbocycles. The number of carbonyl (C=O) groups is 3. The van der Waals surface area contributed by atoms with Gasteiger partial charge in [0.15, 0.2) is 0 Å². The van der Waals surface area contributed by atoms with Gasteiger partial charge in [-0.2, -0.15) is 0 Å². The predicted molar refractivity (Wildman–Crippen MR) is 83.2 cm³/mol. The summed E-state index contributed by atoms with van der Waals surface area (Å²) in [7, 11) is 0. The molecule has 2 unspecified atom stereocenters. The number of carbonyl (C=O) groups excluding carboxylic acids is 2. The molecule has 0 bridgehead atoms. The van der Waals surface area contributed by atoms with Crippen molar-refractivity contribution in [1.82, 2.24) is 10.6 Å². The molecular formula is C16H28N2O4. The highest BCUT2D eigenvalue weighted by molar-refractivity contribution is 5.87. The monoisotopic (exact) mass is 312 g/mol. The summed E-state index contributed by atoms with van der Waals surface area (Å²) < 4.78 is 0. The molecule has 1 rings (SSSR count). The Kier molecular flexibility index (Phi) is 7.91. The maximum Gasteiger partial charge on any atom is 0.326 e. The minimum absolute atomic E-state index is 0.141. The second-order valence-electron chi connectivity index (χ2n) is 6.23. The lowest BCUT2D eigenvalue weighted by atomic mass is 9.99. The van der Waals surface area contributed by atoms with Crippen LogP contribution in [-0.4, -0.2) is 35.5 Å². The quantitative estimate of drug-likeness (QED) is 0.603. The van der Waals surface area contributed by atoms with Crippen LogP contribution in [-0.2, 0) is 14.4 Å². The van der Waals surface area contributed by atoms with Gasteiger partial charge >= 0.3 is 5.97 Å². The van der Waals surface area contributed by atoms with Gasteiger partial charge in [-0.1, -0.05) is 46.0 Å². The third-order valence-corrected chi connectivity index (χ3v) is 4.50. The molecule has 1 saturated carbocycles. The Hall–Kier alpha value is -1.59. The molecular weight excluding hydrogens is 284 g/mol. The Labute approximate surface area is 132 Å². The van der Waals surface area contributed by atoms with E-state index in [0.717, 1.165) is 6.42 Å². The Morgan fingerprint density at radius 2 is 1.82 bits per heavy atom. The van der Waals surface area contributed by atoms with Crippen molar-refractivity contribution < 1.29 is 19.5 Å². The van der Waals surface area contributed by atoms with E-state index in [1.165, 1.54) is 25.7 Å². The highest BCUT2D eigenvalue weighted by Gasteiger charge is 2.25. The average Bonchev–Trinajstić information content (AvgIpc) is 3.00. The van der Waals surface area contributed by atoms with Gasteiger partial charge in [-0.25, -0.2) is 4.79 Å². The van der Waals surface area contributed by atoms with E-state index in [1.807, 2.05) is 6.92 Å². The molecule has 2 amide bonds. The van der Waals surface area contributed by atoms with Crippen molar-refractivity contribution in [2.24, 2.45) is 11.8 Å². The molecule has 0 aromatic heterocycles. The van der Waals surface area contributed by atoms with Crippen molar-refractivity contribution in [3.63, 3.8) is 0 Å². The van der Waals surface area contributed by atoms with E-state index >= 15 is 0 Å². The van der Waals surface area contributed by atoms with Crippen LogP contribution in [0.25, 0.3) is 0 Å². The van der Waals surface area contributed by atoms with Gasteiger partial charge < -0.3 is 15.7 Å². The summed E-state index contributed by atoms with van der Waals surface area (Å²) in [5, 5.41) is 14.1. The van der Waals surface area contributed by atoms with Gasteiger partial charge in [-0.15, -0.1) is 0 Å². The number of hydrogen-bond acceptors (Lipinski definition) is 3. The summed E-state index contributed by atoms with van der Waals surface area (Å²) in [5.41, 5.74) is 0. The van der Waals surface area contributed by atoms with E-state index < -0.39 is 17.9 Å². The predicted octanol–water partition coefficient (Wildman–Crippen LogP) is 1.69. The van der Waals surface area contributed by atoms with Crippen molar-refractivity contribution in [3.8, 4) is 0 Å². The first-order chi connectivity index (χ1) is 10.4. The lowest BCUT2D eigenvalue weighted by molar-refractivity contribution is -0.143. The summed E-state index contributed by atoms with van der Waals surface area (Å²) in [6.45, 7) is 3.49. The second-order valence-corrected chi connectivity index (χ2v) is 6.23. The third kappa shape index (κ3) is 6.45. The number of hydrogen-bond donors (Lipinski definition) is 3. The van der Waals surface area contributed by atoms with E-state index in [0.29, 0.717) is 18.8 Å². The fourth-order valence-electron chi connectivity index (χ4n) is 2.81. The largest absolute Gasteiger partial charge is 0.480 e. The molecule has 0 heterocycles. The van der Waals surface area contributed by atoms with E-state index in [1.54, 1.807) is 6.92 Å². The zero-order valence-corrected chi connectivity index (χ0v) is 13.6. The van der Waals surface area contributed by atoms with Crippen LogP contribution in [0.5, 0.6) is 0 Å². The SMILES string of the molecule is CCC(C)C(NC(=O)CNC(=O)CCC1CCCC1)C(=O)O. The van der Waals surface area contributed by atoms with Gasteiger partial charge in [-0.3, -0.25) is 9.59 Å². The summed E-state index contributed by atoms with van der Waals surface area (Å²) in [5.74, 6) is -1.16. The molecule has 1 fully saturated rings. The summed E-state index contributed by atoms with van der Waals surface area (Å²) >= 11 is 0. The molecule has 0 aliphatic heterocycles. The smallest absolute Gasteiger partial charge is 0.326 e. The van der Waals surface area contributed by atoms with Crippen LogP contribution in [0.15, 0.2) is 0 Å². The highest BCUT2D eigenvalue weighted by Crippen LogP contribution is 2.28. The Balaban J connectivity index is 2.25. The fraction of sp³-hybridized carbons (Fsp3) is 0.812. The first-order valence-corrected chi connectivity index (χ1v) is 8.22. The molecule has 0 aromatic rings. The van der Waals surface area contributed by atoms with Gasteiger partial charge in [0.25, 0.3) is 0 Å².